The lowest BCUT2D eigenvalue weighted by Gasteiger charge is -2.62. The molecule has 0 aromatic heterocycles. The molecule has 4 nitrogen and oxygen atoms in total. The fourth-order valence-corrected chi connectivity index (χ4v) is 9.50. The molecule has 4 rings (SSSR count). The van der Waals surface area contributed by atoms with Gasteiger partial charge in [0.2, 0.25) is 0 Å². The third-order valence-electron chi connectivity index (χ3n) is 11.7. The molecule has 0 saturated heterocycles. The maximum atomic E-state index is 11.5. The fourth-order valence-electron chi connectivity index (χ4n) is 9.50. The van der Waals surface area contributed by atoms with Gasteiger partial charge in [0.15, 0.2) is 0 Å². The zero-order valence-electron chi connectivity index (χ0n) is 21.9. The topological polar surface area (TPSA) is 80.9 Å². The van der Waals surface area contributed by atoms with E-state index < -0.39 is 0 Å². The molecule has 33 heavy (non-hydrogen) atoms. The van der Waals surface area contributed by atoms with Crippen molar-refractivity contribution in [2.24, 2.45) is 58.2 Å². The predicted octanol–water partition coefficient (Wildman–Crippen LogP) is 4.79. The number of aliphatic hydroxyl groups is 4. The van der Waals surface area contributed by atoms with Gasteiger partial charge in [0.05, 0.1) is 18.3 Å². The van der Waals surface area contributed by atoms with E-state index in [1.54, 1.807) is 0 Å². The zero-order chi connectivity index (χ0) is 24.3. The first kappa shape index (κ1) is 25.7. The Morgan fingerprint density at radius 1 is 0.909 bits per heavy atom. The third-order valence-corrected chi connectivity index (χ3v) is 11.7. The standard InChI is InChI=1S/C29H50O4/c1-16(19(4)18(3)15-30)11-17(2)23-14-26(33)27-21-13-25(32)24-12-20(31)7-9-28(24,5)22(21)8-10-29(23,27)6/h11,17-27,30-33H,7-10,12-15H2,1-6H3/b16-11+/t17-,18-,19-,20+,21-,22+,23-,24-,25+,26-,27+,28-,29-/m1/s1. The van der Waals surface area contributed by atoms with Crippen molar-refractivity contribution in [2.45, 2.75) is 105 Å². The number of fused-ring (bicyclic) bond motifs is 5. The quantitative estimate of drug-likeness (QED) is 0.443. The van der Waals surface area contributed by atoms with Crippen LogP contribution in [0.4, 0.5) is 0 Å². The number of hydrogen-bond donors (Lipinski definition) is 4. The summed E-state index contributed by atoms with van der Waals surface area (Å²) in [5.41, 5.74) is 1.53. The second kappa shape index (κ2) is 9.22. The molecule has 4 fully saturated rings. The first-order valence-corrected chi connectivity index (χ1v) is 13.8. The van der Waals surface area contributed by atoms with Crippen molar-refractivity contribution >= 4 is 0 Å². The Kier molecular flexibility index (Phi) is 7.17. The molecule has 4 aliphatic rings. The van der Waals surface area contributed by atoms with Gasteiger partial charge in [0.25, 0.3) is 0 Å². The summed E-state index contributed by atoms with van der Waals surface area (Å²) in [4.78, 5) is 0. The van der Waals surface area contributed by atoms with Crippen LogP contribution in [0.3, 0.4) is 0 Å². The van der Waals surface area contributed by atoms with Gasteiger partial charge in [-0.05, 0) is 110 Å². The Morgan fingerprint density at radius 2 is 1.58 bits per heavy atom. The number of hydrogen-bond acceptors (Lipinski definition) is 4. The lowest BCUT2D eigenvalue weighted by atomic mass is 9.43. The molecule has 0 heterocycles. The molecule has 4 N–H and O–H groups in total. The van der Waals surface area contributed by atoms with E-state index in [4.69, 9.17) is 0 Å². The van der Waals surface area contributed by atoms with E-state index in [0.717, 1.165) is 38.5 Å². The van der Waals surface area contributed by atoms with Crippen LogP contribution in [0.2, 0.25) is 0 Å². The van der Waals surface area contributed by atoms with Gasteiger partial charge >= 0.3 is 0 Å². The SMILES string of the molecule is C/C(=C\[C@@H](C)[C@H]1C[C@@H](O)[C@@H]2[C@@H]3C[C@H](O)[C@H]4C[C@@H](O)CC[C@]4(C)[C@H]3CC[C@@]21C)[C@@H](C)[C@H](C)CO. The van der Waals surface area contributed by atoms with Crippen LogP contribution in [0.15, 0.2) is 11.6 Å². The van der Waals surface area contributed by atoms with E-state index in [0.29, 0.717) is 29.6 Å². The molecule has 0 spiro atoms. The Bertz CT molecular complexity index is 735. The minimum absolute atomic E-state index is 0.0820. The second-order valence-electron chi connectivity index (χ2n) is 13.3. The summed E-state index contributed by atoms with van der Waals surface area (Å²) in [5.74, 6) is 2.82. The number of aliphatic hydroxyl groups excluding tert-OH is 4. The summed E-state index contributed by atoms with van der Waals surface area (Å²) in [5, 5.41) is 42.6. The number of allylic oxidation sites excluding steroid dienone is 2. The largest absolute Gasteiger partial charge is 0.396 e. The highest BCUT2D eigenvalue weighted by Crippen LogP contribution is 2.68. The van der Waals surface area contributed by atoms with E-state index in [1.165, 1.54) is 12.0 Å². The Labute approximate surface area is 201 Å². The Morgan fingerprint density at radius 3 is 2.24 bits per heavy atom. The molecule has 4 saturated carbocycles. The molecular formula is C29H50O4. The molecule has 0 aromatic rings. The lowest BCUT2D eigenvalue weighted by molar-refractivity contribution is -0.180. The first-order chi connectivity index (χ1) is 15.4. The predicted molar refractivity (Wildman–Crippen MR) is 132 cm³/mol. The molecule has 4 aliphatic carbocycles. The van der Waals surface area contributed by atoms with Gasteiger partial charge in [-0.25, -0.2) is 0 Å². The molecule has 0 amide bonds. The summed E-state index contributed by atoms with van der Waals surface area (Å²) in [6.07, 6.45) is 8.07. The van der Waals surface area contributed by atoms with Gasteiger partial charge in [-0.15, -0.1) is 0 Å². The molecule has 190 valence electrons. The van der Waals surface area contributed by atoms with E-state index in [9.17, 15) is 20.4 Å². The van der Waals surface area contributed by atoms with Crippen LogP contribution in [0.25, 0.3) is 0 Å². The second-order valence-corrected chi connectivity index (χ2v) is 13.3. The van der Waals surface area contributed by atoms with E-state index in [-0.39, 0.29) is 53.5 Å². The van der Waals surface area contributed by atoms with Gasteiger partial charge in [-0.2, -0.15) is 0 Å². The zero-order valence-corrected chi connectivity index (χ0v) is 21.9. The van der Waals surface area contributed by atoms with Crippen molar-refractivity contribution in [1.82, 2.24) is 0 Å². The van der Waals surface area contributed by atoms with Crippen molar-refractivity contribution in [3.05, 3.63) is 11.6 Å². The minimum Gasteiger partial charge on any atom is -0.396 e. The molecule has 0 unspecified atom stereocenters. The molecule has 0 aliphatic heterocycles. The summed E-state index contributed by atoms with van der Waals surface area (Å²) in [6, 6.07) is 0. The molecule has 0 radical (unpaired) electrons. The van der Waals surface area contributed by atoms with Crippen LogP contribution < -0.4 is 0 Å². The molecule has 13 atom stereocenters. The smallest absolute Gasteiger partial charge is 0.0579 e. The number of rotatable bonds is 5. The lowest BCUT2D eigenvalue weighted by Crippen LogP contribution is -2.59. The van der Waals surface area contributed by atoms with Gasteiger partial charge in [-0.1, -0.05) is 46.3 Å². The monoisotopic (exact) mass is 462 g/mol. The van der Waals surface area contributed by atoms with Crippen LogP contribution in [-0.4, -0.2) is 45.3 Å². The van der Waals surface area contributed by atoms with Crippen LogP contribution in [0.5, 0.6) is 0 Å². The third kappa shape index (κ3) is 4.15. The van der Waals surface area contributed by atoms with E-state index >= 15 is 0 Å². The average molecular weight is 463 g/mol. The fraction of sp³-hybridized carbons (Fsp3) is 0.931. The highest BCUT2D eigenvalue weighted by atomic mass is 16.3. The van der Waals surface area contributed by atoms with Gasteiger partial charge in [-0.3, -0.25) is 0 Å². The maximum absolute atomic E-state index is 11.5. The van der Waals surface area contributed by atoms with Crippen molar-refractivity contribution in [3.63, 3.8) is 0 Å². The van der Waals surface area contributed by atoms with Gasteiger partial charge < -0.3 is 20.4 Å². The highest BCUT2D eigenvalue weighted by molar-refractivity contribution is 5.16. The Hall–Kier alpha value is -0.420. The normalized spacial score (nSPS) is 50.7. The van der Waals surface area contributed by atoms with E-state index in [1.807, 2.05) is 0 Å². The summed E-state index contributed by atoms with van der Waals surface area (Å²) < 4.78 is 0. The highest BCUT2D eigenvalue weighted by Gasteiger charge is 2.64. The van der Waals surface area contributed by atoms with Crippen molar-refractivity contribution in [2.75, 3.05) is 6.61 Å². The first-order valence-electron chi connectivity index (χ1n) is 13.8. The summed E-state index contributed by atoms with van der Waals surface area (Å²) in [6.45, 7) is 13.9. The maximum Gasteiger partial charge on any atom is 0.0579 e. The van der Waals surface area contributed by atoms with Crippen molar-refractivity contribution in [1.29, 1.82) is 0 Å². The molecule has 0 aromatic carbocycles. The van der Waals surface area contributed by atoms with E-state index in [2.05, 4.69) is 47.6 Å². The van der Waals surface area contributed by atoms with Crippen LogP contribution in [-0.2, 0) is 0 Å². The Balaban J connectivity index is 1.58. The molecule has 0 bridgehead atoms. The van der Waals surface area contributed by atoms with Crippen molar-refractivity contribution in [3.8, 4) is 0 Å². The van der Waals surface area contributed by atoms with Crippen LogP contribution >= 0.6 is 0 Å². The van der Waals surface area contributed by atoms with Crippen LogP contribution in [0, 0.1) is 58.2 Å². The van der Waals surface area contributed by atoms with Gasteiger partial charge in [0, 0.05) is 6.61 Å². The molecule has 4 heteroatoms. The van der Waals surface area contributed by atoms with Gasteiger partial charge in [0.1, 0.15) is 0 Å². The average Bonchev–Trinajstić information content (AvgIpc) is 3.04. The molecular weight excluding hydrogens is 412 g/mol. The summed E-state index contributed by atoms with van der Waals surface area (Å²) in [7, 11) is 0. The minimum atomic E-state index is -0.361. The summed E-state index contributed by atoms with van der Waals surface area (Å²) >= 11 is 0. The van der Waals surface area contributed by atoms with Crippen molar-refractivity contribution < 1.29 is 20.4 Å². The van der Waals surface area contributed by atoms with Crippen LogP contribution in [0.1, 0.15) is 86.5 Å².